The van der Waals surface area contributed by atoms with Gasteiger partial charge in [0.15, 0.2) is 6.29 Å². The zero-order valence-corrected chi connectivity index (χ0v) is 12.8. The predicted molar refractivity (Wildman–Crippen MR) is 80.1 cm³/mol. The Balaban J connectivity index is 1.72. The third-order valence-electron chi connectivity index (χ3n) is 7.04. The lowest BCUT2D eigenvalue weighted by Crippen LogP contribution is -2.52. The molecule has 3 aliphatic carbocycles. The largest absolute Gasteiger partial charge is 0.493 e. The molecule has 1 heterocycles. The van der Waals surface area contributed by atoms with Crippen molar-refractivity contribution in [3.8, 4) is 0 Å². The highest BCUT2D eigenvalue weighted by Crippen LogP contribution is 2.64. The van der Waals surface area contributed by atoms with E-state index in [0.717, 1.165) is 44.3 Å². The Morgan fingerprint density at radius 2 is 2.10 bits per heavy atom. The van der Waals surface area contributed by atoms with Gasteiger partial charge >= 0.3 is 0 Å². The van der Waals surface area contributed by atoms with E-state index in [4.69, 9.17) is 4.74 Å². The van der Waals surface area contributed by atoms with E-state index in [2.05, 4.69) is 25.2 Å². The topological polar surface area (TPSA) is 49.7 Å². The standard InChI is InChI=1S/C18H26O3/c1-17-8-3-11-21-15(17)6-5-12-13(17)7-10-18(16(19)20)9-2-4-14(12)18/h3,6,8,12-14,16,19-20H,2,4-5,7,9-11H2,1H3/t12-,13+,14+,17-,18-/m1/s1. The van der Waals surface area contributed by atoms with Crippen LogP contribution in [0, 0.1) is 28.6 Å². The van der Waals surface area contributed by atoms with Crippen LogP contribution in [0.25, 0.3) is 0 Å². The van der Waals surface area contributed by atoms with Crippen LogP contribution in [0.5, 0.6) is 0 Å². The molecular weight excluding hydrogens is 264 g/mol. The van der Waals surface area contributed by atoms with Crippen molar-refractivity contribution in [3.63, 3.8) is 0 Å². The molecule has 0 bridgehead atoms. The van der Waals surface area contributed by atoms with Crippen LogP contribution in [0.3, 0.4) is 0 Å². The zero-order valence-electron chi connectivity index (χ0n) is 12.8. The molecule has 0 unspecified atom stereocenters. The lowest BCUT2D eigenvalue weighted by atomic mass is 9.51. The lowest BCUT2D eigenvalue weighted by Gasteiger charge is -2.55. The van der Waals surface area contributed by atoms with E-state index >= 15 is 0 Å². The van der Waals surface area contributed by atoms with Gasteiger partial charge in [0.1, 0.15) is 12.4 Å². The van der Waals surface area contributed by atoms with Gasteiger partial charge in [0.05, 0.1) is 0 Å². The molecule has 2 N–H and O–H groups in total. The van der Waals surface area contributed by atoms with E-state index in [1.165, 1.54) is 0 Å². The first-order valence-electron chi connectivity index (χ1n) is 8.45. The first-order chi connectivity index (χ1) is 10.1. The first-order valence-corrected chi connectivity index (χ1v) is 8.45. The van der Waals surface area contributed by atoms with Gasteiger partial charge in [0, 0.05) is 10.8 Å². The smallest absolute Gasteiger partial charge is 0.157 e. The Kier molecular flexibility index (Phi) is 3.03. The average molecular weight is 290 g/mol. The van der Waals surface area contributed by atoms with Crippen molar-refractivity contribution in [2.75, 3.05) is 6.61 Å². The van der Waals surface area contributed by atoms with E-state index in [1.807, 2.05) is 0 Å². The Morgan fingerprint density at radius 3 is 2.90 bits per heavy atom. The minimum atomic E-state index is -1.15. The van der Waals surface area contributed by atoms with E-state index in [9.17, 15) is 10.2 Å². The maximum Gasteiger partial charge on any atom is 0.157 e. The minimum absolute atomic E-state index is 0.0241. The Morgan fingerprint density at radius 1 is 1.24 bits per heavy atom. The molecule has 0 saturated heterocycles. The number of ether oxygens (including phenoxy) is 1. The van der Waals surface area contributed by atoms with Gasteiger partial charge in [-0.3, -0.25) is 0 Å². The number of hydrogen-bond acceptors (Lipinski definition) is 3. The van der Waals surface area contributed by atoms with E-state index in [1.54, 1.807) is 0 Å². The first kappa shape index (κ1) is 13.8. The van der Waals surface area contributed by atoms with Crippen LogP contribution >= 0.6 is 0 Å². The number of aliphatic hydroxyl groups is 2. The van der Waals surface area contributed by atoms with Crippen molar-refractivity contribution in [1.29, 1.82) is 0 Å². The molecule has 3 nitrogen and oxygen atoms in total. The molecule has 21 heavy (non-hydrogen) atoms. The molecule has 0 aromatic rings. The van der Waals surface area contributed by atoms with Crippen molar-refractivity contribution in [3.05, 3.63) is 24.0 Å². The molecule has 2 fully saturated rings. The molecule has 0 amide bonds. The fraction of sp³-hybridized carbons (Fsp3) is 0.778. The SMILES string of the molecule is C[C@]12C=CCOC1=CC[C@H]1[C@@H]3CCC[C@@]3(C(O)O)CC[C@@H]12. The van der Waals surface area contributed by atoms with Gasteiger partial charge < -0.3 is 14.9 Å². The monoisotopic (exact) mass is 290 g/mol. The van der Waals surface area contributed by atoms with Crippen LogP contribution in [-0.4, -0.2) is 23.1 Å². The van der Waals surface area contributed by atoms with Gasteiger partial charge in [-0.25, -0.2) is 0 Å². The summed E-state index contributed by atoms with van der Waals surface area (Å²) in [5, 5.41) is 20.1. The minimum Gasteiger partial charge on any atom is -0.493 e. The van der Waals surface area contributed by atoms with Crippen LogP contribution in [0.15, 0.2) is 24.0 Å². The number of hydrogen-bond donors (Lipinski definition) is 2. The van der Waals surface area contributed by atoms with E-state index < -0.39 is 6.29 Å². The van der Waals surface area contributed by atoms with E-state index in [0.29, 0.717) is 24.4 Å². The Hall–Kier alpha value is -0.800. The van der Waals surface area contributed by atoms with Crippen molar-refractivity contribution < 1.29 is 14.9 Å². The molecule has 4 aliphatic rings. The molecule has 0 radical (unpaired) electrons. The van der Waals surface area contributed by atoms with Crippen LogP contribution < -0.4 is 0 Å². The van der Waals surface area contributed by atoms with Crippen molar-refractivity contribution >= 4 is 0 Å². The van der Waals surface area contributed by atoms with Gasteiger partial charge in [-0.1, -0.05) is 18.6 Å². The fourth-order valence-electron chi connectivity index (χ4n) is 6.01. The summed E-state index contributed by atoms with van der Waals surface area (Å²) in [6.07, 6.45) is 12.0. The fourth-order valence-corrected chi connectivity index (χ4v) is 6.01. The molecule has 2 saturated carbocycles. The normalized spacial score (nSPS) is 48.2. The third kappa shape index (κ3) is 1.74. The highest BCUT2D eigenvalue weighted by molar-refractivity contribution is 5.27. The van der Waals surface area contributed by atoms with Crippen LogP contribution in [-0.2, 0) is 4.74 Å². The lowest BCUT2D eigenvalue weighted by molar-refractivity contribution is -0.185. The molecule has 0 aromatic carbocycles. The molecule has 4 rings (SSSR count). The molecule has 0 spiro atoms. The Bertz CT molecular complexity index is 495. The maximum absolute atomic E-state index is 10.0. The summed E-state index contributed by atoms with van der Waals surface area (Å²) in [5.74, 6) is 2.77. The van der Waals surface area contributed by atoms with Crippen LogP contribution in [0.2, 0.25) is 0 Å². The summed E-state index contributed by atoms with van der Waals surface area (Å²) in [5.41, 5.74) is -0.210. The number of allylic oxidation sites excluding steroid dienone is 2. The summed E-state index contributed by atoms with van der Waals surface area (Å²) < 4.78 is 5.89. The van der Waals surface area contributed by atoms with Crippen molar-refractivity contribution in [2.24, 2.45) is 28.6 Å². The molecule has 5 atom stereocenters. The zero-order chi connectivity index (χ0) is 14.7. The molecular formula is C18H26O3. The molecule has 1 aliphatic heterocycles. The number of fused-ring (bicyclic) bond motifs is 5. The number of aliphatic hydroxyl groups excluding tert-OH is 1. The predicted octanol–water partition coefficient (Wildman–Crippen LogP) is 2.99. The molecule has 0 aromatic heterocycles. The summed E-state index contributed by atoms with van der Waals surface area (Å²) in [6, 6.07) is 0. The summed E-state index contributed by atoms with van der Waals surface area (Å²) in [6.45, 7) is 3.00. The quantitative estimate of drug-likeness (QED) is 0.576. The highest BCUT2D eigenvalue weighted by atomic mass is 16.5. The Labute approximate surface area is 126 Å². The van der Waals surface area contributed by atoms with Gasteiger partial charge in [0.2, 0.25) is 0 Å². The number of rotatable bonds is 1. The van der Waals surface area contributed by atoms with Gasteiger partial charge in [0.25, 0.3) is 0 Å². The van der Waals surface area contributed by atoms with Gasteiger partial charge in [-0.2, -0.15) is 0 Å². The van der Waals surface area contributed by atoms with Crippen LogP contribution in [0.1, 0.15) is 45.4 Å². The van der Waals surface area contributed by atoms with Crippen LogP contribution in [0.4, 0.5) is 0 Å². The van der Waals surface area contributed by atoms with Gasteiger partial charge in [-0.15, -0.1) is 0 Å². The van der Waals surface area contributed by atoms with Gasteiger partial charge in [-0.05, 0) is 62.9 Å². The van der Waals surface area contributed by atoms with Crippen molar-refractivity contribution in [1.82, 2.24) is 0 Å². The molecule has 116 valence electrons. The molecule has 3 heteroatoms. The van der Waals surface area contributed by atoms with Crippen molar-refractivity contribution in [2.45, 2.75) is 51.7 Å². The summed E-state index contributed by atoms with van der Waals surface area (Å²) in [4.78, 5) is 0. The summed E-state index contributed by atoms with van der Waals surface area (Å²) >= 11 is 0. The second-order valence-corrected chi connectivity index (χ2v) is 7.71. The van der Waals surface area contributed by atoms with E-state index in [-0.39, 0.29) is 10.8 Å². The maximum atomic E-state index is 10.0. The highest BCUT2D eigenvalue weighted by Gasteiger charge is 2.59. The third-order valence-corrected chi connectivity index (χ3v) is 7.04. The summed E-state index contributed by atoms with van der Waals surface area (Å²) in [7, 11) is 0. The average Bonchev–Trinajstić information content (AvgIpc) is 2.92. The second kappa shape index (κ2) is 4.60. The second-order valence-electron chi connectivity index (χ2n) is 7.71.